The minimum Gasteiger partial charge on any atom is -0.337 e. The number of unbranched alkanes of at least 4 members (excludes halogenated alkanes) is 1. The highest BCUT2D eigenvalue weighted by atomic mass is 32.2. The third-order valence-corrected chi connectivity index (χ3v) is 5.38. The summed E-state index contributed by atoms with van der Waals surface area (Å²) in [5.74, 6) is -0.492. The van der Waals surface area contributed by atoms with Gasteiger partial charge in [0.1, 0.15) is 0 Å². The molecule has 30 heavy (non-hydrogen) atoms. The summed E-state index contributed by atoms with van der Waals surface area (Å²) in [7, 11) is -4.06. The van der Waals surface area contributed by atoms with Gasteiger partial charge in [-0.1, -0.05) is 31.5 Å². The Morgan fingerprint density at radius 1 is 1.07 bits per heavy atom. The van der Waals surface area contributed by atoms with Gasteiger partial charge in [-0.3, -0.25) is 14.9 Å². The van der Waals surface area contributed by atoms with Crippen LogP contribution in [0.15, 0.2) is 53.4 Å². The third-order valence-electron chi connectivity index (χ3n) is 4.03. The van der Waals surface area contributed by atoms with E-state index < -0.39 is 26.9 Å². The Hall–Kier alpha value is -3.47. The van der Waals surface area contributed by atoms with E-state index in [0.717, 1.165) is 12.8 Å². The third kappa shape index (κ3) is 6.55. The molecule has 0 saturated heterocycles. The molecular formula is C19H22N4O6S. The van der Waals surface area contributed by atoms with Gasteiger partial charge in [0.15, 0.2) is 0 Å². The highest BCUT2D eigenvalue weighted by Crippen LogP contribution is 2.19. The van der Waals surface area contributed by atoms with Crippen LogP contribution in [0.1, 0.15) is 25.3 Å². The molecule has 0 aliphatic carbocycles. The van der Waals surface area contributed by atoms with Gasteiger partial charge in [0.05, 0.1) is 16.2 Å². The Balaban J connectivity index is 1.99. The lowest BCUT2D eigenvalue weighted by molar-refractivity contribution is -0.385. The number of carbonyl (C=O) groups is 2. The smallest absolute Gasteiger partial charge is 0.328 e. The van der Waals surface area contributed by atoms with Crippen molar-refractivity contribution in [2.75, 3.05) is 11.9 Å². The monoisotopic (exact) mass is 434 g/mol. The molecule has 0 heterocycles. The van der Waals surface area contributed by atoms with E-state index in [1.807, 2.05) is 11.6 Å². The molecule has 2 aromatic carbocycles. The van der Waals surface area contributed by atoms with Crippen molar-refractivity contribution < 1.29 is 22.9 Å². The number of anilines is 1. The molecule has 0 aliphatic heterocycles. The molecule has 0 unspecified atom stereocenters. The van der Waals surface area contributed by atoms with E-state index in [-0.39, 0.29) is 22.6 Å². The summed E-state index contributed by atoms with van der Waals surface area (Å²) in [5, 5.41) is 16.0. The number of hydrogen-bond donors (Lipinski definition) is 3. The maximum absolute atomic E-state index is 12.2. The van der Waals surface area contributed by atoms with Crippen LogP contribution in [-0.4, -0.2) is 31.8 Å². The van der Waals surface area contributed by atoms with E-state index in [0.29, 0.717) is 12.2 Å². The molecule has 2 rings (SSSR count). The van der Waals surface area contributed by atoms with Crippen LogP contribution < -0.4 is 15.4 Å². The lowest BCUT2D eigenvalue weighted by Gasteiger charge is -2.10. The Labute approximate surface area is 173 Å². The fourth-order valence-electron chi connectivity index (χ4n) is 2.53. The van der Waals surface area contributed by atoms with E-state index in [4.69, 9.17) is 0 Å². The van der Waals surface area contributed by atoms with E-state index in [1.165, 1.54) is 42.5 Å². The fourth-order valence-corrected chi connectivity index (χ4v) is 3.46. The van der Waals surface area contributed by atoms with Gasteiger partial charge >= 0.3 is 6.03 Å². The molecule has 0 radical (unpaired) electrons. The number of nitrogens with one attached hydrogen (secondary N) is 3. The van der Waals surface area contributed by atoms with Gasteiger partial charge in [-0.2, -0.15) is 0 Å². The van der Waals surface area contributed by atoms with Crippen LogP contribution in [0.25, 0.3) is 0 Å². The first-order chi connectivity index (χ1) is 14.2. The minimum atomic E-state index is -4.06. The first kappa shape index (κ1) is 22.8. The fraction of sp³-hybridized carbons (Fsp3) is 0.263. The Morgan fingerprint density at radius 2 is 1.73 bits per heavy atom. The molecule has 0 spiro atoms. The Kier molecular flexibility index (Phi) is 7.87. The molecule has 0 atom stereocenters. The standard InChI is InChI=1S/C19H22N4O6S/c1-2-3-12-20-19(25)22-30(28,29)16-10-8-15(9-11-16)21-18(24)13-14-6-4-5-7-17(14)23(26)27/h4-11H,2-3,12-13H2,1H3,(H,21,24)(H2,20,22,25). The number of benzene rings is 2. The lowest BCUT2D eigenvalue weighted by Crippen LogP contribution is -2.39. The number of nitrogens with zero attached hydrogens (tertiary/aromatic N) is 1. The Bertz CT molecular complexity index is 1020. The van der Waals surface area contributed by atoms with Crippen LogP contribution in [0.2, 0.25) is 0 Å². The summed E-state index contributed by atoms with van der Waals surface area (Å²) in [6.07, 6.45) is 1.38. The van der Waals surface area contributed by atoms with Crippen molar-refractivity contribution in [3.63, 3.8) is 0 Å². The quantitative estimate of drug-likeness (QED) is 0.314. The second kappa shape index (κ2) is 10.3. The molecule has 2 aromatic rings. The van der Waals surface area contributed by atoms with E-state index >= 15 is 0 Å². The van der Waals surface area contributed by atoms with Crippen molar-refractivity contribution >= 4 is 33.3 Å². The first-order valence-electron chi connectivity index (χ1n) is 9.16. The highest BCUT2D eigenvalue weighted by molar-refractivity contribution is 7.90. The average molecular weight is 434 g/mol. The summed E-state index contributed by atoms with van der Waals surface area (Å²) >= 11 is 0. The molecule has 3 N–H and O–H groups in total. The summed E-state index contributed by atoms with van der Waals surface area (Å²) in [4.78, 5) is 34.2. The van der Waals surface area contributed by atoms with Crippen molar-refractivity contribution in [1.82, 2.24) is 10.0 Å². The zero-order valence-corrected chi connectivity index (χ0v) is 17.1. The molecule has 11 heteroatoms. The normalized spacial score (nSPS) is 10.8. The molecule has 10 nitrogen and oxygen atoms in total. The van der Waals surface area contributed by atoms with Gasteiger partial charge in [-0.05, 0) is 30.7 Å². The predicted octanol–water partition coefficient (Wildman–Crippen LogP) is 2.56. The van der Waals surface area contributed by atoms with Crippen LogP contribution in [0.4, 0.5) is 16.2 Å². The second-order valence-corrected chi connectivity index (χ2v) is 8.03. The van der Waals surface area contributed by atoms with Gasteiger partial charge < -0.3 is 10.6 Å². The van der Waals surface area contributed by atoms with Crippen LogP contribution in [0.3, 0.4) is 0 Å². The molecule has 0 fully saturated rings. The van der Waals surface area contributed by atoms with Gasteiger partial charge in [-0.15, -0.1) is 0 Å². The summed E-state index contributed by atoms with van der Waals surface area (Å²) in [5.41, 5.74) is 0.416. The highest BCUT2D eigenvalue weighted by Gasteiger charge is 2.18. The number of hydrogen-bond acceptors (Lipinski definition) is 6. The average Bonchev–Trinajstić information content (AvgIpc) is 2.68. The summed E-state index contributed by atoms with van der Waals surface area (Å²) in [6.45, 7) is 2.31. The lowest BCUT2D eigenvalue weighted by atomic mass is 10.1. The number of amides is 3. The van der Waals surface area contributed by atoms with Crippen LogP contribution in [0, 0.1) is 10.1 Å². The van der Waals surface area contributed by atoms with Crippen LogP contribution >= 0.6 is 0 Å². The first-order valence-corrected chi connectivity index (χ1v) is 10.6. The van der Waals surface area contributed by atoms with Gasteiger partial charge in [0, 0.05) is 23.9 Å². The zero-order valence-electron chi connectivity index (χ0n) is 16.3. The van der Waals surface area contributed by atoms with E-state index in [2.05, 4.69) is 10.6 Å². The molecule has 3 amide bonds. The largest absolute Gasteiger partial charge is 0.337 e. The molecule has 0 aromatic heterocycles. The van der Waals surface area contributed by atoms with E-state index in [9.17, 15) is 28.1 Å². The van der Waals surface area contributed by atoms with Crippen molar-refractivity contribution in [2.24, 2.45) is 0 Å². The second-order valence-electron chi connectivity index (χ2n) is 6.35. The van der Waals surface area contributed by atoms with Crippen molar-refractivity contribution in [1.29, 1.82) is 0 Å². The molecule has 0 bridgehead atoms. The Morgan fingerprint density at radius 3 is 2.37 bits per heavy atom. The number of carbonyl (C=O) groups excluding carboxylic acids is 2. The number of nitro benzene ring substituents is 1. The predicted molar refractivity (Wildman–Crippen MR) is 111 cm³/mol. The number of urea groups is 1. The zero-order chi connectivity index (χ0) is 22.1. The summed E-state index contributed by atoms with van der Waals surface area (Å²) in [6, 6.07) is 10.3. The molecule has 0 aliphatic rings. The number of rotatable bonds is 9. The van der Waals surface area contributed by atoms with Gasteiger partial charge in [0.25, 0.3) is 15.7 Å². The molecule has 160 valence electrons. The number of para-hydroxylation sites is 1. The SMILES string of the molecule is CCCCNC(=O)NS(=O)(=O)c1ccc(NC(=O)Cc2ccccc2[N+](=O)[O-])cc1. The van der Waals surface area contributed by atoms with Gasteiger partial charge in [-0.25, -0.2) is 17.9 Å². The van der Waals surface area contributed by atoms with Crippen LogP contribution in [0.5, 0.6) is 0 Å². The topological polar surface area (TPSA) is 148 Å². The van der Waals surface area contributed by atoms with Gasteiger partial charge in [0.2, 0.25) is 5.91 Å². The maximum atomic E-state index is 12.2. The van der Waals surface area contributed by atoms with Crippen molar-refractivity contribution in [2.45, 2.75) is 31.1 Å². The van der Waals surface area contributed by atoms with Crippen molar-refractivity contribution in [3.05, 3.63) is 64.2 Å². The van der Waals surface area contributed by atoms with Crippen LogP contribution in [-0.2, 0) is 21.2 Å². The number of sulfonamides is 1. The number of nitro groups is 1. The van der Waals surface area contributed by atoms with Crippen molar-refractivity contribution in [3.8, 4) is 0 Å². The molecular weight excluding hydrogens is 412 g/mol. The van der Waals surface area contributed by atoms with E-state index in [1.54, 1.807) is 6.07 Å². The molecule has 0 saturated carbocycles. The summed E-state index contributed by atoms with van der Waals surface area (Å²) < 4.78 is 26.4. The maximum Gasteiger partial charge on any atom is 0.328 e. The minimum absolute atomic E-state index is 0.148.